The van der Waals surface area contributed by atoms with Gasteiger partial charge in [-0.25, -0.2) is 4.98 Å². The van der Waals surface area contributed by atoms with E-state index in [0.29, 0.717) is 50.2 Å². The van der Waals surface area contributed by atoms with Crippen molar-refractivity contribution in [3.05, 3.63) is 41.9 Å². The number of nitrogens with zero attached hydrogens (tertiary/aromatic N) is 5. The number of ether oxygens (including phenoxy) is 1. The minimum absolute atomic E-state index is 0.0166. The van der Waals surface area contributed by atoms with Crippen molar-refractivity contribution >= 4 is 11.9 Å². The van der Waals surface area contributed by atoms with Gasteiger partial charge < -0.3 is 14.5 Å². The van der Waals surface area contributed by atoms with Crippen molar-refractivity contribution in [1.29, 1.82) is 0 Å². The summed E-state index contributed by atoms with van der Waals surface area (Å²) in [6.07, 6.45) is 3.27. The van der Waals surface area contributed by atoms with Gasteiger partial charge in [-0.05, 0) is 26.0 Å². The lowest BCUT2D eigenvalue weighted by molar-refractivity contribution is 0.0745. The number of anilines is 1. The van der Waals surface area contributed by atoms with Crippen LogP contribution in [0, 0.1) is 6.92 Å². The van der Waals surface area contributed by atoms with Gasteiger partial charge >= 0.3 is 0 Å². The monoisotopic (exact) mass is 327 g/mol. The molecule has 2 aromatic heterocycles. The van der Waals surface area contributed by atoms with Crippen LogP contribution >= 0.6 is 0 Å². The van der Waals surface area contributed by atoms with Gasteiger partial charge in [-0.1, -0.05) is 0 Å². The largest absolute Gasteiger partial charge is 0.478 e. The van der Waals surface area contributed by atoms with E-state index in [9.17, 15) is 4.79 Å². The number of pyridine rings is 1. The van der Waals surface area contributed by atoms with Gasteiger partial charge in [-0.2, -0.15) is 4.98 Å². The Bertz CT molecular complexity index is 699. The molecule has 3 rings (SSSR count). The first kappa shape index (κ1) is 16.2. The van der Waals surface area contributed by atoms with Gasteiger partial charge in [0, 0.05) is 50.3 Å². The van der Waals surface area contributed by atoms with E-state index < -0.39 is 0 Å². The number of hydrogen-bond acceptors (Lipinski definition) is 6. The molecular formula is C17H21N5O2. The van der Waals surface area contributed by atoms with E-state index in [1.54, 1.807) is 24.5 Å². The predicted molar refractivity (Wildman–Crippen MR) is 90.3 cm³/mol. The first-order chi connectivity index (χ1) is 11.7. The van der Waals surface area contributed by atoms with Crippen molar-refractivity contribution in [2.75, 3.05) is 37.7 Å². The van der Waals surface area contributed by atoms with E-state index >= 15 is 0 Å². The van der Waals surface area contributed by atoms with Gasteiger partial charge in [0.05, 0.1) is 12.2 Å². The molecule has 0 saturated carbocycles. The molecule has 1 aliphatic rings. The van der Waals surface area contributed by atoms with E-state index in [2.05, 4.69) is 19.9 Å². The molecule has 0 spiro atoms. The third kappa shape index (κ3) is 3.61. The van der Waals surface area contributed by atoms with E-state index in [1.807, 2.05) is 24.8 Å². The van der Waals surface area contributed by atoms with Gasteiger partial charge in [0.25, 0.3) is 5.91 Å². The molecule has 126 valence electrons. The maximum Gasteiger partial charge on any atom is 0.255 e. The number of amides is 1. The Labute approximate surface area is 141 Å². The maximum absolute atomic E-state index is 12.5. The molecule has 24 heavy (non-hydrogen) atoms. The first-order valence-corrected chi connectivity index (χ1v) is 8.10. The second-order valence-corrected chi connectivity index (χ2v) is 5.60. The first-order valence-electron chi connectivity index (χ1n) is 8.10. The molecule has 0 bridgehead atoms. The fraction of sp³-hybridized carbons (Fsp3) is 0.412. The minimum atomic E-state index is 0.0166. The van der Waals surface area contributed by atoms with Gasteiger partial charge in [-0.3, -0.25) is 9.78 Å². The van der Waals surface area contributed by atoms with Crippen LogP contribution in [0.2, 0.25) is 0 Å². The molecule has 1 fully saturated rings. The molecule has 7 nitrogen and oxygen atoms in total. The summed E-state index contributed by atoms with van der Waals surface area (Å²) >= 11 is 0. The number of piperazine rings is 1. The molecule has 2 aromatic rings. The van der Waals surface area contributed by atoms with Crippen molar-refractivity contribution in [1.82, 2.24) is 19.9 Å². The lowest BCUT2D eigenvalue weighted by Gasteiger charge is -2.34. The van der Waals surface area contributed by atoms with E-state index in [1.165, 1.54) is 0 Å². The molecule has 1 amide bonds. The fourth-order valence-corrected chi connectivity index (χ4v) is 2.67. The van der Waals surface area contributed by atoms with E-state index in [-0.39, 0.29) is 5.91 Å². The Kier molecular flexibility index (Phi) is 4.88. The van der Waals surface area contributed by atoms with Crippen molar-refractivity contribution in [2.24, 2.45) is 0 Å². The number of carbonyl (C=O) groups excluding carboxylic acids is 1. The molecule has 0 aromatic carbocycles. The maximum atomic E-state index is 12.5. The lowest BCUT2D eigenvalue weighted by atomic mass is 10.2. The molecule has 3 heterocycles. The van der Waals surface area contributed by atoms with Crippen LogP contribution in [0.25, 0.3) is 0 Å². The average Bonchev–Trinajstić information content (AvgIpc) is 2.62. The van der Waals surface area contributed by atoms with Crippen LogP contribution in [0.1, 0.15) is 23.0 Å². The molecule has 7 heteroatoms. The smallest absolute Gasteiger partial charge is 0.255 e. The average molecular weight is 327 g/mol. The minimum Gasteiger partial charge on any atom is -0.478 e. The van der Waals surface area contributed by atoms with Crippen LogP contribution in [-0.4, -0.2) is 58.5 Å². The summed E-state index contributed by atoms with van der Waals surface area (Å²) in [7, 11) is 0. The highest BCUT2D eigenvalue weighted by Gasteiger charge is 2.24. The molecule has 0 radical (unpaired) electrons. The number of rotatable bonds is 4. The van der Waals surface area contributed by atoms with E-state index in [4.69, 9.17) is 4.74 Å². The van der Waals surface area contributed by atoms with Crippen LogP contribution in [0.5, 0.6) is 5.88 Å². The molecule has 1 saturated heterocycles. The Morgan fingerprint density at radius 1 is 1.25 bits per heavy atom. The Morgan fingerprint density at radius 3 is 2.71 bits per heavy atom. The van der Waals surface area contributed by atoms with Crippen molar-refractivity contribution in [2.45, 2.75) is 13.8 Å². The zero-order valence-corrected chi connectivity index (χ0v) is 14.0. The van der Waals surface area contributed by atoms with Crippen molar-refractivity contribution in [3.63, 3.8) is 0 Å². The third-order valence-electron chi connectivity index (χ3n) is 3.87. The van der Waals surface area contributed by atoms with Gasteiger partial charge in [0.15, 0.2) is 0 Å². The van der Waals surface area contributed by atoms with Crippen LogP contribution in [0.15, 0.2) is 30.6 Å². The fourth-order valence-electron chi connectivity index (χ4n) is 2.67. The van der Waals surface area contributed by atoms with Crippen LogP contribution in [-0.2, 0) is 0 Å². The highest BCUT2D eigenvalue weighted by molar-refractivity contribution is 5.94. The molecule has 0 unspecified atom stereocenters. The molecule has 1 aliphatic heterocycles. The van der Waals surface area contributed by atoms with E-state index in [0.717, 1.165) is 5.69 Å². The van der Waals surface area contributed by atoms with Gasteiger partial charge in [0.1, 0.15) is 0 Å². The SMILES string of the molecule is CCOc1cc(C)nc(N2CCN(C(=O)c3cccnc3)CC2)n1. The number of carbonyl (C=O) groups is 1. The Hall–Kier alpha value is -2.70. The quantitative estimate of drug-likeness (QED) is 0.848. The number of hydrogen-bond donors (Lipinski definition) is 0. The van der Waals surface area contributed by atoms with Gasteiger partial charge in [-0.15, -0.1) is 0 Å². The number of aromatic nitrogens is 3. The highest BCUT2D eigenvalue weighted by Crippen LogP contribution is 2.18. The predicted octanol–water partition coefficient (Wildman–Crippen LogP) is 1.54. The normalized spacial score (nSPS) is 14.6. The van der Waals surface area contributed by atoms with Crippen LogP contribution in [0.3, 0.4) is 0 Å². The number of aryl methyl sites for hydroxylation is 1. The van der Waals surface area contributed by atoms with Crippen molar-refractivity contribution in [3.8, 4) is 5.88 Å². The van der Waals surface area contributed by atoms with Crippen LogP contribution < -0.4 is 9.64 Å². The summed E-state index contributed by atoms with van der Waals surface area (Å²) in [5.41, 5.74) is 1.49. The Morgan fingerprint density at radius 2 is 2.04 bits per heavy atom. The summed E-state index contributed by atoms with van der Waals surface area (Å²) in [4.78, 5) is 29.3. The summed E-state index contributed by atoms with van der Waals surface area (Å²) in [5.74, 6) is 1.27. The zero-order chi connectivity index (χ0) is 16.9. The second-order valence-electron chi connectivity index (χ2n) is 5.60. The third-order valence-corrected chi connectivity index (χ3v) is 3.87. The zero-order valence-electron chi connectivity index (χ0n) is 14.0. The lowest BCUT2D eigenvalue weighted by Crippen LogP contribution is -2.49. The summed E-state index contributed by atoms with van der Waals surface area (Å²) < 4.78 is 5.49. The highest BCUT2D eigenvalue weighted by atomic mass is 16.5. The van der Waals surface area contributed by atoms with Gasteiger partial charge in [0.2, 0.25) is 11.8 Å². The summed E-state index contributed by atoms with van der Waals surface area (Å²) in [5, 5.41) is 0. The standard InChI is InChI=1S/C17H21N5O2/c1-3-24-15-11-13(2)19-17(20-15)22-9-7-21(8-10-22)16(23)14-5-4-6-18-12-14/h4-6,11-12H,3,7-10H2,1-2H3. The summed E-state index contributed by atoms with van der Waals surface area (Å²) in [6.45, 7) is 7.09. The van der Waals surface area contributed by atoms with Crippen molar-refractivity contribution < 1.29 is 9.53 Å². The molecule has 0 aliphatic carbocycles. The topological polar surface area (TPSA) is 71.5 Å². The molecular weight excluding hydrogens is 306 g/mol. The van der Waals surface area contributed by atoms with Crippen LogP contribution in [0.4, 0.5) is 5.95 Å². The molecule has 0 atom stereocenters. The Balaban J connectivity index is 1.66. The molecule has 0 N–H and O–H groups in total. The summed E-state index contributed by atoms with van der Waals surface area (Å²) in [6, 6.07) is 5.40. The second kappa shape index (κ2) is 7.25.